The first kappa shape index (κ1) is 26.3. The average molecular weight is 481 g/mol. The van der Waals surface area contributed by atoms with E-state index in [2.05, 4.69) is 10.3 Å². The van der Waals surface area contributed by atoms with E-state index in [9.17, 15) is 14.7 Å². The van der Waals surface area contributed by atoms with Gasteiger partial charge in [0.05, 0.1) is 34.3 Å². The van der Waals surface area contributed by atoms with E-state index in [0.29, 0.717) is 0 Å². The van der Waals surface area contributed by atoms with Crippen LogP contribution in [0.25, 0.3) is 10.4 Å². The number of thiazole rings is 1. The molecule has 1 aromatic heterocycles. The molecule has 9 heteroatoms. The van der Waals surface area contributed by atoms with E-state index in [1.54, 1.807) is 11.3 Å². The van der Waals surface area contributed by atoms with Gasteiger partial charge in [-0.15, -0.1) is 23.7 Å². The van der Waals surface area contributed by atoms with Gasteiger partial charge in [0.2, 0.25) is 11.8 Å². The number of hydrogen-bond acceptors (Lipinski definition) is 6. The number of likely N-dealkylation sites (tertiary alicyclic amines) is 1. The highest BCUT2D eigenvalue weighted by molar-refractivity contribution is 7.13. The number of nitrogens with zero attached hydrogens (tertiary/aromatic N) is 2. The van der Waals surface area contributed by atoms with Crippen LogP contribution in [0.3, 0.4) is 0 Å². The van der Waals surface area contributed by atoms with E-state index in [0.717, 1.165) is 21.7 Å². The van der Waals surface area contributed by atoms with Crippen LogP contribution in [0, 0.1) is 12.3 Å². The molecule has 0 unspecified atom stereocenters. The zero-order chi connectivity index (χ0) is 22.9. The van der Waals surface area contributed by atoms with Gasteiger partial charge in [-0.1, -0.05) is 45.0 Å². The summed E-state index contributed by atoms with van der Waals surface area (Å²) in [6.07, 6.45) is -0.519. The Hall–Kier alpha value is -2.00. The Morgan fingerprint density at radius 1 is 1.28 bits per heavy atom. The summed E-state index contributed by atoms with van der Waals surface area (Å²) in [7, 11) is 0. The predicted molar refractivity (Wildman–Crippen MR) is 130 cm³/mol. The number of β-amino-alcohol motifs (C(OH)–C–C–N with tert-alkyl or cyclic N) is 1. The van der Waals surface area contributed by atoms with Crippen LogP contribution in [0.5, 0.6) is 0 Å². The van der Waals surface area contributed by atoms with Crippen LogP contribution in [0.1, 0.15) is 51.4 Å². The van der Waals surface area contributed by atoms with E-state index < -0.39 is 23.6 Å². The maximum absolute atomic E-state index is 13.0. The van der Waals surface area contributed by atoms with Gasteiger partial charge in [0.15, 0.2) is 0 Å². The normalized spacial score (nSPS) is 20.4. The average Bonchev–Trinajstić information content (AvgIpc) is 3.31. The van der Waals surface area contributed by atoms with Crippen LogP contribution in [-0.4, -0.2) is 51.5 Å². The molecule has 0 spiro atoms. The lowest BCUT2D eigenvalue weighted by molar-refractivity contribution is -0.141. The molecule has 4 atom stereocenters. The van der Waals surface area contributed by atoms with Crippen molar-refractivity contribution in [2.24, 2.45) is 11.1 Å². The van der Waals surface area contributed by atoms with Crippen molar-refractivity contribution in [3.8, 4) is 10.4 Å². The smallest absolute Gasteiger partial charge is 0.243 e. The van der Waals surface area contributed by atoms with Crippen LogP contribution >= 0.6 is 23.7 Å². The second-order valence-corrected chi connectivity index (χ2v) is 10.2. The van der Waals surface area contributed by atoms with E-state index in [4.69, 9.17) is 5.73 Å². The largest absolute Gasteiger partial charge is 0.391 e. The molecule has 1 saturated heterocycles. The summed E-state index contributed by atoms with van der Waals surface area (Å²) in [4.78, 5) is 32.7. The lowest BCUT2D eigenvalue weighted by atomic mass is 9.86. The molecular weight excluding hydrogens is 448 g/mol. The number of amides is 2. The molecule has 0 radical (unpaired) electrons. The number of aliphatic hydroxyl groups is 1. The number of aryl methyl sites for hydroxylation is 1. The third kappa shape index (κ3) is 5.67. The number of halogens is 1. The molecule has 2 heterocycles. The molecule has 1 fully saturated rings. The van der Waals surface area contributed by atoms with Gasteiger partial charge >= 0.3 is 0 Å². The SMILES string of the molecule is Cc1ncsc1-c1ccc([C@@H](C)NC(=O)[C@@H]2C[C@@H](O)CN2C(=O)[C@@H](N)C(C)(C)C)cc1.Cl. The fraction of sp³-hybridized carbons (Fsp3) is 0.522. The fourth-order valence-corrected chi connectivity index (χ4v) is 4.56. The minimum absolute atomic E-state index is 0. The molecule has 7 nitrogen and oxygen atoms in total. The van der Waals surface area contributed by atoms with Crippen molar-refractivity contribution in [1.82, 2.24) is 15.2 Å². The molecular formula is C23H33ClN4O3S. The number of benzene rings is 1. The summed E-state index contributed by atoms with van der Waals surface area (Å²) in [5, 5.41) is 13.1. The van der Waals surface area contributed by atoms with Crippen LogP contribution in [0.15, 0.2) is 29.8 Å². The summed E-state index contributed by atoms with van der Waals surface area (Å²) in [5.41, 5.74) is 10.6. The van der Waals surface area contributed by atoms with Gasteiger partial charge in [-0.25, -0.2) is 4.98 Å². The molecule has 176 valence electrons. The highest BCUT2D eigenvalue weighted by Gasteiger charge is 2.42. The van der Waals surface area contributed by atoms with Crippen molar-refractivity contribution in [3.05, 3.63) is 41.0 Å². The van der Waals surface area contributed by atoms with Gasteiger partial charge in [-0.3, -0.25) is 9.59 Å². The second kappa shape index (κ2) is 10.3. The Labute approximate surface area is 199 Å². The lowest BCUT2D eigenvalue weighted by Crippen LogP contribution is -2.55. The quantitative estimate of drug-likeness (QED) is 0.609. The van der Waals surface area contributed by atoms with Gasteiger partial charge in [-0.05, 0) is 30.4 Å². The maximum atomic E-state index is 13.0. The molecule has 4 N–H and O–H groups in total. The van der Waals surface area contributed by atoms with E-state index in [-0.39, 0.29) is 43.2 Å². The van der Waals surface area contributed by atoms with Gasteiger partial charge in [-0.2, -0.15) is 0 Å². The lowest BCUT2D eigenvalue weighted by Gasteiger charge is -2.32. The number of nitrogens with one attached hydrogen (secondary N) is 1. The molecule has 0 aliphatic carbocycles. The number of carbonyl (C=O) groups is 2. The third-order valence-corrected chi connectivity index (χ3v) is 6.82. The molecule has 1 aromatic carbocycles. The van der Waals surface area contributed by atoms with Crippen molar-refractivity contribution in [2.45, 2.75) is 65.3 Å². The Morgan fingerprint density at radius 3 is 2.44 bits per heavy atom. The van der Waals surface area contributed by atoms with Gasteiger partial charge in [0, 0.05) is 13.0 Å². The summed E-state index contributed by atoms with van der Waals surface area (Å²) in [6, 6.07) is 6.32. The first-order chi connectivity index (χ1) is 14.5. The monoisotopic (exact) mass is 480 g/mol. The zero-order valence-corrected chi connectivity index (χ0v) is 20.8. The number of aliphatic hydroxyl groups excluding tert-OH is 1. The first-order valence-electron chi connectivity index (χ1n) is 10.5. The Balaban J connectivity index is 0.00000363. The fourth-order valence-electron chi connectivity index (χ4n) is 3.75. The predicted octanol–water partition coefficient (Wildman–Crippen LogP) is 3.05. The van der Waals surface area contributed by atoms with Crippen molar-refractivity contribution in [1.29, 1.82) is 0 Å². The third-order valence-electron chi connectivity index (χ3n) is 5.84. The zero-order valence-electron chi connectivity index (χ0n) is 19.2. The second-order valence-electron chi connectivity index (χ2n) is 9.36. The topological polar surface area (TPSA) is 109 Å². The van der Waals surface area contributed by atoms with Crippen LogP contribution < -0.4 is 11.1 Å². The summed E-state index contributed by atoms with van der Waals surface area (Å²) < 4.78 is 0. The minimum Gasteiger partial charge on any atom is -0.391 e. The van der Waals surface area contributed by atoms with Crippen molar-refractivity contribution in [3.63, 3.8) is 0 Å². The number of carbonyl (C=O) groups excluding carboxylic acids is 2. The molecule has 2 aromatic rings. The van der Waals surface area contributed by atoms with Gasteiger partial charge in [0.1, 0.15) is 6.04 Å². The van der Waals surface area contributed by atoms with E-state index in [1.807, 2.05) is 64.4 Å². The molecule has 0 bridgehead atoms. The van der Waals surface area contributed by atoms with Crippen LogP contribution in [0.4, 0.5) is 0 Å². The highest BCUT2D eigenvalue weighted by atomic mass is 35.5. The van der Waals surface area contributed by atoms with Crippen molar-refractivity contribution in [2.75, 3.05) is 6.54 Å². The first-order valence-corrected chi connectivity index (χ1v) is 11.4. The molecule has 1 aliphatic heterocycles. The van der Waals surface area contributed by atoms with E-state index in [1.165, 1.54) is 4.90 Å². The standard InChI is InChI=1S/C23H32N4O3S.ClH/c1-13(15-6-8-16(9-7-15)19-14(2)25-12-31-19)26-21(29)18-10-17(28)11-27(18)22(30)20(24)23(3,4)5;/h6-9,12-13,17-18,20,28H,10-11,24H2,1-5H3,(H,26,29);1H/t13-,17-,18+,20-;/m1./s1. The minimum atomic E-state index is -0.742. The summed E-state index contributed by atoms with van der Waals surface area (Å²) in [6.45, 7) is 9.67. The van der Waals surface area contributed by atoms with Crippen LogP contribution in [-0.2, 0) is 9.59 Å². The number of aromatic nitrogens is 1. The van der Waals surface area contributed by atoms with Crippen LogP contribution in [0.2, 0.25) is 0 Å². The van der Waals surface area contributed by atoms with Gasteiger partial charge in [0.25, 0.3) is 0 Å². The Kier molecular flexibility index (Phi) is 8.44. The molecule has 0 saturated carbocycles. The summed E-state index contributed by atoms with van der Waals surface area (Å²) >= 11 is 1.60. The van der Waals surface area contributed by atoms with Gasteiger partial charge < -0.3 is 21.1 Å². The highest BCUT2D eigenvalue weighted by Crippen LogP contribution is 2.29. The Bertz CT molecular complexity index is 941. The molecule has 3 rings (SSSR count). The number of nitrogens with two attached hydrogens (primary N) is 1. The van der Waals surface area contributed by atoms with Crippen molar-refractivity contribution < 1.29 is 14.7 Å². The molecule has 32 heavy (non-hydrogen) atoms. The number of hydrogen-bond donors (Lipinski definition) is 3. The maximum Gasteiger partial charge on any atom is 0.243 e. The summed E-state index contributed by atoms with van der Waals surface area (Å²) in [5.74, 6) is -0.581. The molecule has 1 aliphatic rings. The Morgan fingerprint density at radius 2 is 1.91 bits per heavy atom. The van der Waals surface area contributed by atoms with Crippen molar-refractivity contribution >= 4 is 35.6 Å². The van der Waals surface area contributed by atoms with E-state index >= 15 is 0 Å². The number of rotatable bonds is 5. The molecule has 2 amide bonds.